The lowest BCUT2D eigenvalue weighted by Crippen LogP contribution is -2.49. The first-order valence-electron chi connectivity index (χ1n) is 6.13. The van der Waals surface area contributed by atoms with Crippen molar-refractivity contribution in [3.63, 3.8) is 0 Å². The van der Waals surface area contributed by atoms with E-state index >= 15 is 0 Å². The molecule has 20 heavy (non-hydrogen) atoms. The topological polar surface area (TPSA) is 58.4 Å². The van der Waals surface area contributed by atoms with Crippen LogP contribution in [-0.4, -0.2) is 28.4 Å². The van der Waals surface area contributed by atoms with Crippen molar-refractivity contribution in [2.24, 2.45) is 11.8 Å². The molecule has 2 N–H and O–H groups in total. The molecular formula is C12H18Cl2N4OS. The summed E-state index contributed by atoms with van der Waals surface area (Å²) < 4.78 is 1.98. The normalized spacial score (nSPS) is 15.8. The lowest BCUT2D eigenvalue weighted by molar-refractivity contribution is -0.126. The first kappa shape index (κ1) is 17.2. The Hall–Kier alpha value is -0.820. The number of thiazole rings is 1. The van der Waals surface area contributed by atoms with E-state index in [1.807, 2.05) is 29.1 Å². The minimum Gasteiger partial charge on any atom is -0.350 e. The first-order valence-corrected chi connectivity index (χ1v) is 7.01. The molecule has 0 aliphatic carbocycles. The van der Waals surface area contributed by atoms with Gasteiger partial charge in [0.2, 0.25) is 5.91 Å². The fraction of sp³-hybridized carbons (Fsp3) is 0.500. The van der Waals surface area contributed by atoms with Gasteiger partial charge in [-0.3, -0.25) is 9.20 Å². The predicted molar refractivity (Wildman–Crippen MR) is 84.9 cm³/mol. The Morgan fingerprint density at radius 1 is 1.60 bits per heavy atom. The van der Waals surface area contributed by atoms with Gasteiger partial charge >= 0.3 is 0 Å². The molecule has 5 nitrogen and oxygen atoms in total. The lowest BCUT2D eigenvalue weighted by Gasteiger charge is -2.31. The van der Waals surface area contributed by atoms with Crippen LogP contribution in [0.5, 0.6) is 0 Å². The average molecular weight is 337 g/mol. The Morgan fingerprint density at radius 3 is 2.95 bits per heavy atom. The van der Waals surface area contributed by atoms with E-state index in [-0.39, 0.29) is 36.6 Å². The van der Waals surface area contributed by atoms with E-state index < -0.39 is 0 Å². The Balaban J connectivity index is 0.000001000. The molecule has 1 amide bonds. The largest absolute Gasteiger partial charge is 0.350 e. The molecule has 3 heterocycles. The van der Waals surface area contributed by atoms with Crippen molar-refractivity contribution in [1.29, 1.82) is 0 Å². The number of hydrogen-bond donors (Lipinski definition) is 2. The average Bonchev–Trinajstić information content (AvgIpc) is 2.83. The number of aromatic nitrogens is 2. The van der Waals surface area contributed by atoms with Crippen LogP contribution in [0.25, 0.3) is 4.96 Å². The third-order valence-electron chi connectivity index (χ3n) is 3.52. The Morgan fingerprint density at radius 2 is 2.35 bits per heavy atom. The smallest absolute Gasteiger partial charge is 0.223 e. The van der Waals surface area contributed by atoms with Crippen LogP contribution in [0.2, 0.25) is 0 Å². The minimum absolute atomic E-state index is 0. The van der Waals surface area contributed by atoms with Crippen LogP contribution in [0, 0.1) is 11.8 Å². The van der Waals surface area contributed by atoms with Gasteiger partial charge < -0.3 is 10.6 Å². The number of carbonyl (C=O) groups excluding carboxylic acids is 1. The quantitative estimate of drug-likeness (QED) is 0.893. The van der Waals surface area contributed by atoms with Crippen molar-refractivity contribution in [3.8, 4) is 0 Å². The summed E-state index contributed by atoms with van der Waals surface area (Å²) in [6.45, 7) is 4.41. The molecule has 112 valence electrons. The van der Waals surface area contributed by atoms with Gasteiger partial charge in [-0.15, -0.1) is 36.2 Å². The summed E-state index contributed by atoms with van der Waals surface area (Å²) in [5.41, 5.74) is 0.911. The molecule has 8 heteroatoms. The number of amides is 1. The fourth-order valence-corrected chi connectivity index (χ4v) is 2.80. The van der Waals surface area contributed by atoms with Crippen LogP contribution in [0.15, 0.2) is 17.8 Å². The predicted octanol–water partition coefficient (Wildman–Crippen LogP) is 1.71. The van der Waals surface area contributed by atoms with Gasteiger partial charge in [-0.1, -0.05) is 6.92 Å². The van der Waals surface area contributed by atoms with E-state index in [0.29, 0.717) is 12.5 Å². The van der Waals surface area contributed by atoms with Crippen LogP contribution in [0.1, 0.15) is 12.6 Å². The number of imidazole rings is 1. The van der Waals surface area contributed by atoms with E-state index in [1.54, 1.807) is 11.3 Å². The Bertz CT molecular complexity index is 538. The molecule has 1 atom stereocenters. The highest BCUT2D eigenvalue weighted by Crippen LogP contribution is 2.16. The van der Waals surface area contributed by atoms with Crippen molar-refractivity contribution < 1.29 is 4.79 Å². The zero-order valence-electron chi connectivity index (χ0n) is 11.0. The molecule has 2 aromatic rings. The number of nitrogens with one attached hydrogen (secondary N) is 2. The monoisotopic (exact) mass is 336 g/mol. The number of rotatable bonds is 4. The van der Waals surface area contributed by atoms with Crippen molar-refractivity contribution >= 4 is 47.0 Å². The third-order valence-corrected chi connectivity index (χ3v) is 4.29. The maximum absolute atomic E-state index is 11.9. The molecule has 2 aromatic heterocycles. The molecule has 0 radical (unpaired) electrons. The molecule has 0 bridgehead atoms. The third kappa shape index (κ3) is 3.44. The summed E-state index contributed by atoms with van der Waals surface area (Å²) in [5, 5.41) is 8.15. The molecule has 0 spiro atoms. The van der Waals surface area contributed by atoms with Gasteiger partial charge in [0.15, 0.2) is 4.96 Å². The van der Waals surface area contributed by atoms with E-state index in [1.165, 1.54) is 0 Å². The molecular weight excluding hydrogens is 319 g/mol. The Kier molecular flexibility index (Phi) is 6.26. The summed E-state index contributed by atoms with van der Waals surface area (Å²) >= 11 is 1.60. The number of nitrogens with zero attached hydrogens (tertiary/aromatic N) is 2. The second-order valence-corrected chi connectivity index (χ2v) is 5.62. The highest BCUT2D eigenvalue weighted by atomic mass is 35.5. The van der Waals surface area contributed by atoms with Gasteiger partial charge in [-0.25, -0.2) is 4.98 Å². The van der Waals surface area contributed by atoms with Crippen molar-refractivity contribution in [2.75, 3.05) is 13.1 Å². The summed E-state index contributed by atoms with van der Waals surface area (Å²) in [6, 6.07) is 0. The number of fused-ring (bicyclic) bond motifs is 1. The number of hydrogen-bond acceptors (Lipinski definition) is 4. The first-order chi connectivity index (χ1) is 8.74. The highest BCUT2D eigenvalue weighted by molar-refractivity contribution is 7.15. The van der Waals surface area contributed by atoms with Crippen LogP contribution >= 0.6 is 36.2 Å². The fourth-order valence-electron chi connectivity index (χ4n) is 2.08. The van der Waals surface area contributed by atoms with E-state index in [9.17, 15) is 4.79 Å². The van der Waals surface area contributed by atoms with E-state index in [4.69, 9.17) is 0 Å². The molecule has 1 aliphatic heterocycles. The van der Waals surface area contributed by atoms with Gasteiger partial charge in [0.05, 0.1) is 12.2 Å². The molecule has 3 rings (SSSR count). The summed E-state index contributed by atoms with van der Waals surface area (Å²) in [5.74, 6) is 0.684. The molecule has 0 aromatic carbocycles. The standard InChI is InChI=1S/C12H16N4OS.2ClH/c1-8(9-4-13-5-9)11(17)14-6-10-7-16-2-3-18-12(16)15-10;;/h2-3,7-9,13H,4-6H2,1H3,(H,14,17);2*1H. The van der Waals surface area contributed by atoms with Gasteiger partial charge in [0.1, 0.15) is 0 Å². The molecule has 0 saturated carbocycles. The second-order valence-electron chi connectivity index (χ2n) is 4.75. The molecule has 1 aliphatic rings. The van der Waals surface area contributed by atoms with Crippen LogP contribution in [0.3, 0.4) is 0 Å². The van der Waals surface area contributed by atoms with Crippen molar-refractivity contribution in [3.05, 3.63) is 23.5 Å². The van der Waals surface area contributed by atoms with Gasteiger partial charge in [-0.05, 0) is 19.0 Å². The zero-order chi connectivity index (χ0) is 12.5. The number of halogens is 2. The van der Waals surface area contributed by atoms with E-state index in [2.05, 4.69) is 15.6 Å². The van der Waals surface area contributed by atoms with Crippen LogP contribution in [0.4, 0.5) is 0 Å². The summed E-state index contributed by atoms with van der Waals surface area (Å²) in [6.07, 6.45) is 3.93. The van der Waals surface area contributed by atoms with Crippen LogP contribution < -0.4 is 10.6 Å². The SMILES string of the molecule is CC(C(=O)NCc1cn2ccsc2n1)C1CNC1.Cl.Cl. The van der Waals surface area contributed by atoms with Gasteiger partial charge in [0.25, 0.3) is 0 Å². The van der Waals surface area contributed by atoms with Gasteiger partial charge in [0, 0.05) is 23.7 Å². The molecule has 1 fully saturated rings. The highest BCUT2D eigenvalue weighted by Gasteiger charge is 2.28. The maximum atomic E-state index is 11.9. The summed E-state index contributed by atoms with van der Waals surface area (Å²) in [4.78, 5) is 17.3. The molecule has 1 unspecified atom stereocenters. The Labute approximate surface area is 134 Å². The second kappa shape index (κ2) is 7.26. The lowest BCUT2D eigenvalue weighted by atomic mass is 9.88. The minimum atomic E-state index is 0. The van der Waals surface area contributed by atoms with E-state index in [0.717, 1.165) is 23.7 Å². The van der Waals surface area contributed by atoms with Gasteiger partial charge in [-0.2, -0.15) is 0 Å². The van der Waals surface area contributed by atoms with Crippen LogP contribution in [-0.2, 0) is 11.3 Å². The number of carbonyl (C=O) groups is 1. The maximum Gasteiger partial charge on any atom is 0.223 e. The summed E-state index contributed by atoms with van der Waals surface area (Å²) in [7, 11) is 0. The van der Waals surface area contributed by atoms with Crippen molar-refractivity contribution in [1.82, 2.24) is 20.0 Å². The molecule has 1 saturated heterocycles. The van der Waals surface area contributed by atoms with Crippen molar-refractivity contribution in [2.45, 2.75) is 13.5 Å². The zero-order valence-corrected chi connectivity index (χ0v) is 13.5.